The van der Waals surface area contributed by atoms with E-state index in [2.05, 4.69) is 16.5 Å². The molecule has 0 aliphatic heterocycles. The molecule has 0 saturated heterocycles. The SMILES string of the molecule is CNCc1cnn(CCC#N)c1C. The Morgan fingerprint density at radius 3 is 3.08 bits per heavy atom. The molecule has 0 saturated carbocycles. The highest BCUT2D eigenvalue weighted by atomic mass is 15.3. The molecule has 0 radical (unpaired) electrons. The number of hydrogen-bond acceptors (Lipinski definition) is 3. The number of nitrogens with one attached hydrogen (secondary N) is 1. The van der Waals surface area contributed by atoms with Gasteiger partial charge in [0.05, 0.1) is 25.2 Å². The molecule has 4 nitrogen and oxygen atoms in total. The predicted molar refractivity (Wildman–Crippen MR) is 50.0 cm³/mol. The number of rotatable bonds is 4. The van der Waals surface area contributed by atoms with E-state index in [1.807, 2.05) is 24.9 Å². The second kappa shape index (κ2) is 4.63. The van der Waals surface area contributed by atoms with Crippen LogP contribution in [-0.4, -0.2) is 16.8 Å². The highest BCUT2D eigenvalue weighted by Gasteiger charge is 2.03. The van der Waals surface area contributed by atoms with Crippen molar-refractivity contribution in [1.29, 1.82) is 5.26 Å². The molecule has 13 heavy (non-hydrogen) atoms. The molecule has 0 atom stereocenters. The number of hydrogen-bond donors (Lipinski definition) is 1. The Bertz CT molecular complexity index is 308. The maximum absolute atomic E-state index is 8.43. The van der Waals surface area contributed by atoms with Crippen LogP contribution in [0, 0.1) is 18.3 Å². The van der Waals surface area contributed by atoms with Crippen LogP contribution in [0.4, 0.5) is 0 Å². The van der Waals surface area contributed by atoms with Gasteiger partial charge in [-0.15, -0.1) is 0 Å². The van der Waals surface area contributed by atoms with Crippen LogP contribution < -0.4 is 5.32 Å². The topological polar surface area (TPSA) is 53.6 Å². The summed E-state index contributed by atoms with van der Waals surface area (Å²) in [7, 11) is 1.91. The summed E-state index contributed by atoms with van der Waals surface area (Å²) in [6.45, 7) is 3.54. The van der Waals surface area contributed by atoms with Crippen LogP contribution in [0.25, 0.3) is 0 Å². The van der Waals surface area contributed by atoms with Crippen molar-refractivity contribution in [3.8, 4) is 6.07 Å². The van der Waals surface area contributed by atoms with Gasteiger partial charge in [0.15, 0.2) is 0 Å². The van der Waals surface area contributed by atoms with E-state index >= 15 is 0 Å². The lowest BCUT2D eigenvalue weighted by Gasteiger charge is -2.01. The van der Waals surface area contributed by atoms with Crippen LogP contribution >= 0.6 is 0 Å². The van der Waals surface area contributed by atoms with Gasteiger partial charge in [-0.2, -0.15) is 10.4 Å². The summed E-state index contributed by atoms with van der Waals surface area (Å²) < 4.78 is 1.87. The van der Waals surface area contributed by atoms with Gasteiger partial charge in [-0.3, -0.25) is 4.68 Å². The van der Waals surface area contributed by atoms with E-state index in [0.717, 1.165) is 12.2 Å². The molecule has 0 aliphatic rings. The third kappa shape index (κ3) is 2.30. The molecule has 1 N–H and O–H groups in total. The minimum absolute atomic E-state index is 0.515. The lowest BCUT2D eigenvalue weighted by atomic mass is 10.2. The maximum Gasteiger partial charge on any atom is 0.0641 e. The largest absolute Gasteiger partial charge is 0.316 e. The van der Waals surface area contributed by atoms with E-state index < -0.39 is 0 Å². The third-order valence-electron chi connectivity index (χ3n) is 2.01. The average molecular weight is 178 g/mol. The first kappa shape index (κ1) is 9.75. The molecule has 0 unspecified atom stereocenters. The Hall–Kier alpha value is -1.34. The molecular weight excluding hydrogens is 164 g/mol. The second-order valence-corrected chi connectivity index (χ2v) is 2.92. The van der Waals surface area contributed by atoms with Crippen molar-refractivity contribution in [2.75, 3.05) is 7.05 Å². The first-order chi connectivity index (χ1) is 6.29. The quantitative estimate of drug-likeness (QED) is 0.742. The molecule has 0 amide bonds. The van der Waals surface area contributed by atoms with Crippen LogP contribution in [0.1, 0.15) is 17.7 Å². The number of aryl methyl sites for hydroxylation is 1. The van der Waals surface area contributed by atoms with E-state index in [-0.39, 0.29) is 0 Å². The van der Waals surface area contributed by atoms with Crippen LogP contribution in [0.3, 0.4) is 0 Å². The van der Waals surface area contributed by atoms with Crippen LogP contribution in [-0.2, 0) is 13.1 Å². The Morgan fingerprint density at radius 1 is 1.69 bits per heavy atom. The van der Waals surface area contributed by atoms with Crippen molar-refractivity contribution in [1.82, 2.24) is 15.1 Å². The summed E-state index contributed by atoms with van der Waals surface area (Å²) in [4.78, 5) is 0. The molecule has 70 valence electrons. The number of nitriles is 1. The van der Waals surface area contributed by atoms with Crippen molar-refractivity contribution in [3.63, 3.8) is 0 Å². The molecule has 0 aromatic carbocycles. The lowest BCUT2D eigenvalue weighted by molar-refractivity contribution is 0.608. The molecule has 0 fully saturated rings. The maximum atomic E-state index is 8.43. The summed E-state index contributed by atoms with van der Waals surface area (Å²) in [5.41, 5.74) is 2.34. The molecule has 1 heterocycles. The fraction of sp³-hybridized carbons (Fsp3) is 0.556. The van der Waals surface area contributed by atoms with E-state index in [9.17, 15) is 0 Å². The highest BCUT2D eigenvalue weighted by molar-refractivity contribution is 5.15. The Balaban J connectivity index is 2.69. The van der Waals surface area contributed by atoms with E-state index in [4.69, 9.17) is 5.26 Å². The minimum Gasteiger partial charge on any atom is -0.316 e. The second-order valence-electron chi connectivity index (χ2n) is 2.92. The van der Waals surface area contributed by atoms with Gasteiger partial charge in [0.25, 0.3) is 0 Å². The summed E-state index contributed by atoms with van der Waals surface area (Å²) in [6, 6.07) is 2.11. The summed E-state index contributed by atoms with van der Waals surface area (Å²) in [5, 5.41) is 15.7. The van der Waals surface area contributed by atoms with Crippen molar-refractivity contribution < 1.29 is 0 Å². The normalized spacial score (nSPS) is 9.92. The molecule has 0 bridgehead atoms. The van der Waals surface area contributed by atoms with E-state index in [1.54, 1.807) is 0 Å². The van der Waals surface area contributed by atoms with Gasteiger partial charge in [0, 0.05) is 17.8 Å². The zero-order valence-corrected chi connectivity index (χ0v) is 8.04. The van der Waals surface area contributed by atoms with Gasteiger partial charge in [-0.05, 0) is 14.0 Å². The van der Waals surface area contributed by atoms with Gasteiger partial charge in [-0.1, -0.05) is 0 Å². The van der Waals surface area contributed by atoms with E-state index in [0.29, 0.717) is 13.0 Å². The monoisotopic (exact) mass is 178 g/mol. The van der Waals surface area contributed by atoms with Crippen molar-refractivity contribution >= 4 is 0 Å². The molecule has 0 aliphatic carbocycles. The predicted octanol–water partition coefficient (Wildman–Crippen LogP) is 0.825. The van der Waals surface area contributed by atoms with Gasteiger partial charge in [0.2, 0.25) is 0 Å². The standard InChI is InChI=1S/C9H14N4/c1-8-9(6-11-2)7-12-13(8)5-3-4-10/h7,11H,3,5-6H2,1-2H3. The van der Waals surface area contributed by atoms with Crippen LogP contribution in [0.2, 0.25) is 0 Å². The number of aromatic nitrogens is 2. The smallest absolute Gasteiger partial charge is 0.0641 e. The highest BCUT2D eigenvalue weighted by Crippen LogP contribution is 2.06. The third-order valence-corrected chi connectivity index (χ3v) is 2.01. The van der Waals surface area contributed by atoms with Crippen molar-refractivity contribution in [2.24, 2.45) is 0 Å². The summed E-state index contributed by atoms with van der Waals surface area (Å²) in [6.07, 6.45) is 2.37. The summed E-state index contributed by atoms with van der Waals surface area (Å²) >= 11 is 0. The molecule has 1 rings (SSSR count). The van der Waals surface area contributed by atoms with Crippen molar-refractivity contribution in [2.45, 2.75) is 26.4 Å². The van der Waals surface area contributed by atoms with Gasteiger partial charge in [-0.25, -0.2) is 0 Å². The van der Waals surface area contributed by atoms with Gasteiger partial charge >= 0.3 is 0 Å². The molecule has 1 aromatic rings. The first-order valence-corrected chi connectivity index (χ1v) is 4.32. The summed E-state index contributed by atoms with van der Waals surface area (Å²) in [5.74, 6) is 0. The zero-order valence-electron chi connectivity index (χ0n) is 8.04. The molecule has 1 aromatic heterocycles. The zero-order chi connectivity index (χ0) is 9.68. The van der Waals surface area contributed by atoms with Gasteiger partial charge < -0.3 is 5.32 Å². The fourth-order valence-corrected chi connectivity index (χ4v) is 1.23. The fourth-order valence-electron chi connectivity index (χ4n) is 1.23. The lowest BCUT2D eigenvalue weighted by Crippen LogP contribution is -2.07. The van der Waals surface area contributed by atoms with Crippen LogP contribution in [0.5, 0.6) is 0 Å². The minimum atomic E-state index is 0.515. The Labute approximate surface area is 78.2 Å². The molecule has 4 heteroatoms. The van der Waals surface area contributed by atoms with Crippen LogP contribution in [0.15, 0.2) is 6.20 Å². The first-order valence-electron chi connectivity index (χ1n) is 4.32. The number of nitrogens with zero attached hydrogens (tertiary/aromatic N) is 3. The Kier molecular flexibility index (Phi) is 3.47. The van der Waals surface area contributed by atoms with Gasteiger partial charge in [0.1, 0.15) is 0 Å². The average Bonchev–Trinajstić information content (AvgIpc) is 2.46. The molecular formula is C9H14N4. The van der Waals surface area contributed by atoms with E-state index in [1.165, 1.54) is 5.56 Å². The van der Waals surface area contributed by atoms with Crippen molar-refractivity contribution in [3.05, 3.63) is 17.5 Å². The Morgan fingerprint density at radius 2 is 2.46 bits per heavy atom. The molecule has 0 spiro atoms.